The monoisotopic (exact) mass is 532 g/mol. The highest BCUT2D eigenvalue weighted by molar-refractivity contribution is 6.35. The number of nitrogens with zero attached hydrogens (tertiary/aromatic N) is 3. The molecule has 37 heavy (non-hydrogen) atoms. The lowest BCUT2D eigenvalue weighted by Crippen LogP contribution is -2.18. The van der Waals surface area contributed by atoms with Crippen molar-refractivity contribution in [2.45, 2.75) is 38.3 Å². The van der Waals surface area contributed by atoms with Gasteiger partial charge in [-0.25, -0.2) is 9.97 Å². The van der Waals surface area contributed by atoms with Crippen molar-refractivity contribution < 1.29 is 9.84 Å². The maximum atomic E-state index is 9.81. The Morgan fingerprint density at radius 3 is 2.81 bits per heavy atom. The number of imidazole rings is 1. The number of nitrogens with one attached hydrogen (secondary N) is 1. The Morgan fingerprint density at radius 1 is 1.11 bits per heavy atom. The number of hydrogen-bond donors (Lipinski definition) is 2. The topological polar surface area (TPSA) is 76.0 Å². The molecule has 6 rings (SSSR count). The molecule has 3 heterocycles. The number of aromatic amines is 1. The molecule has 188 valence electrons. The summed E-state index contributed by atoms with van der Waals surface area (Å²) in [6.07, 6.45) is 8.99. The predicted molar refractivity (Wildman–Crippen MR) is 146 cm³/mol. The van der Waals surface area contributed by atoms with E-state index in [1.807, 2.05) is 61.1 Å². The van der Waals surface area contributed by atoms with Crippen molar-refractivity contribution in [3.05, 3.63) is 99.7 Å². The summed E-state index contributed by atoms with van der Waals surface area (Å²) >= 11 is 13.0. The van der Waals surface area contributed by atoms with Crippen LogP contribution in [0.1, 0.15) is 41.3 Å². The van der Waals surface area contributed by atoms with Gasteiger partial charge >= 0.3 is 0 Å². The molecule has 1 aliphatic carbocycles. The molecular formula is C29H26Cl2N4O2. The molecule has 0 bridgehead atoms. The summed E-state index contributed by atoms with van der Waals surface area (Å²) in [6, 6.07) is 15.9. The number of fused-ring (bicyclic) bond motifs is 2. The number of halogens is 2. The fourth-order valence-corrected chi connectivity index (χ4v) is 5.93. The van der Waals surface area contributed by atoms with E-state index in [0.717, 1.165) is 63.8 Å². The highest BCUT2D eigenvalue weighted by Crippen LogP contribution is 2.42. The van der Waals surface area contributed by atoms with Gasteiger partial charge in [0.15, 0.2) is 0 Å². The minimum atomic E-state index is 0.0122. The zero-order valence-corrected chi connectivity index (χ0v) is 21.6. The molecule has 1 atom stereocenters. The fourth-order valence-electron chi connectivity index (χ4n) is 5.33. The van der Waals surface area contributed by atoms with Crippen molar-refractivity contribution in [1.82, 2.24) is 19.5 Å². The lowest BCUT2D eigenvalue weighted by molar-refractivity contribution is 0.294. The number of aromatic nitrogens is 4. The van der Waals surface area contributed by atoms with Gasteiger partial charge in [0.2, 0.25) is 5.88 Å². The highest BCUT2D eigenvalue weighted by atomic mass is 35.5. The molecule has 3 aromatic heterocycles. The van der Waals surface area contributed by atoms with E-state index >= 15 is 0 Å². The van der Waals surface area contributed by atoms with Crippen LogP contribution in [0.25, 0.3) is 22.2 Å². The first-order valence-electron chi connectivity index (χ1n) is 12.4. The van der Waals surface area contributed by atoms with Crippen LogP contribution >= 0.6 is 23.2 Å². The zero-order chi connectivity index (χ0) is 25.4. The van der Waals surface area contributed by atoms with Crippen LogP contribution in [-0.4, -0.2) is 31.2 Å². The van der Waals surface area contributed by atoms with Crippen LogP contribution in [0.2, 0.25) is 10.0 Å². The van der Waals surface area contributed by atoms with Crippen LogP contribution in [0.4, 0.5) is 0 Å². The first-order valence-corrected chi connectivity index (χ1v) is 13.2. The van der Waals surface area contributed by atoms with Gasteiger partial charge < -0.3 is 19.4 Å². The van der Waals surface area contributed by atoms with Gasteiger partial charge in [0.05, 0.1) is 35.5 Å². The average Bonchev–Trinajstić information content (AvgIpc) is 3.51. The van der Waals surface area contributed by atoms with E-state index in [-0.39, 0.29) is 12.6 Å². The van der Waals surface area contributed by atoms with Crippen LogP contribution in [0, 0.1) is 0 Å². The van der Waals surface area contributed by atoms with Crippen LogP contribution < -0.4 is 4.74 Å². The summed E-state index contributed by atoms with van der Waals surface area (Å²) < 4.78 is 8.23. The predicted octanol–water partition coefficient (Wildman–Crippen LogP) is 6.77. The molecule has 6 nitrogen and oxygen atoms in total. The molecule has 0 spiro atoms. The van der Waals surface area contributed by atoms with E-state index in [1.54, 1.807) is 6.20 Å². The van der Waals surface area contributed by atoms with Gasteiger partial charge in [0.1, 0.15) is 6.61 Å². The molecule has 1 unspecified atom stereocenters. The van der Waals surface area contributed by atoms with E-state index in [1.165, 1.54) is 0 Å². The van der Waals surface area contributed by atoms with E-state index in [4.69, 9.17) is 32.9 Å². The Morgan fingerprint density at radius 2 is 1.97 bits per heavy atom. The zero-order valence-electron chi connectivity index (χ0n) is 20.1. The Kier molecular flexibility index (Phi) is 6.63. The Bertz CT molecular complexity index is 1560. The normalized spacial score (nSPS) is 15.2. The van der Waals surface area contributed by atoms with Gasteiger partial charge in [-0.3, -0.25) is 0 Å². The number of hydrogen-bond acceptors (Lipinski definition) is 4. The van der Waals surface area contributed by atoms with E-state index in [2.05, 4.69) is 14.5 Å². The van der Waals surface area contributed by atoms with Crippen molar-refractivity contribution in [2.75, 3.05) is 6.61 Å². The second-order valence-corrected chi connectivity index (χ2v) is 10.2. The molecule has 2 N–H and O–H groups in total. The molecule has 2 aromatic carbocycles. The Labute approximate surface area is 224 Å². The van der Waals surface area contributed by atoms with Gasteiger partial charge in [-0.2, -0.15) is 0 Å². The number of H-pyrrole nitrogens is 1. The minimum absolute atomic E-state index is 0.0122. The minimum Gasteiger partial charge on any atom is -0.473 e. The number of ether oxygens (including phenoxy) is 1. The van der Waals surface area contributed by atoms with E-state index < -0.39 is 0 Å². The van der Waals surface area contributed by atoms with Gasteiger partial charge in [0, 0.05) is 46.3 Å². The Balaban J connectivity index is 1.44. The largest absolute Gasteiger partial charge is 0.473 e. The smallest absolute Gasteiger partial charge is 0.214 e. The van der Waals surface area contributed by atoms with E-state index in [0.29, 0.717) is 29.0 Å². The Hall–Kier alpha value is -3.32. The molecule has 0 aliphatic heterocycles. The molecule has 1 aliphatic rings. The van der Waals surface area contributed by atoms with Gasteiger partial charge in [0.25, 0.3) is 0 Å². The summed E-state index contributed by atoms with van der Waals surface area (Å²) in [6.45, 7) is 0.450. The number of benzene rings is 2. The number of pyridine rings is 1. The SMILES string of the molecule is OCCc1ncn(C2CCCc3c(Cl)cc(Cl)cc32)c1-c1c[nH]c2cnc(OCc3ccccc3)cc12. The second kappa shape index (κ2) is 10.2. The second-order valence-electron chi connectivity index (χ2n) is 9.33. The molecule has 5 aromatic rings. The molecule has 8 heteroatoms. The average molecular weight is 533 g/mol. The summed E-state index contributed by atoms with van der Waals surface area (Å²) in [5.41, 5.74) is 7.05. The van der Waals surface area contributed by atoms with Crippen LogP contribution in [-0.2, 0) is 19.4 Å². The quantitative estimate of drug-likeness (QED) is 0.242. The lowest BCUT2D eigenvalue weighted by Gasteiger charge is -2.29. The third-order valence-corrected chi connectivity index (χ3v) is 7.59. The van der Waals surface area contributed by atoms with Gasteiger partial charge in [-0.15, -0.1) is 0 Å². The van der Waals surface area contributed by atoms with Gasteiger partial charge in [-0.1, -0.05) is 53.5 Å². The summed E-state index contributed by atoms with van der Waals surface area (Å²) in [5.74, 6) is 0.550. The standard InChI is InChI=1S/C29H26Cl2N4O2/c30-19-11-22-20(24(31)12-19)7-4-8-27(22)35-17-34-25(9-10-36)29(35)23-14-32-26-15-33-28(13-21(23)26)37-16-18-5-2-1-3-6-18/h1-3,5-6,11-15,17,27,32,36H,4,7-10,16H2. The van der Waals surface area contributed by atoms with Crippen molar-refractivity contribution >= 4 is 34.1 Å². The molecule has 0 amide bonds. The first kappa shape index (κ1) is 24.0. The summed E-state index contributed by atoms with van der Waals surface area (Å²) in [4.78, 5) is 12.6. The number of aliphatic hydroxyl groups excluding tert-OH is 1. The maximum Gasteiger partial charge on any atom is 0.214 e. The van der Waals surface area contributed by atoms with E-state index in [9.17, 15) is 5.11 Å². The van der Waals surface area contributed by atoms with Crippen LogP contribution in [0.5, 0.6) is 5.88 Å². The van der Waals surface area contributed by atoms with Gasteiger partial charge in [-0.05, 0) is 48.1 Å². The van der Waals surface area contributed by atoms with Crippen molar-refractivity contribution in [1.29, 1.82) is 0 Å². The molecule has 0 radical (unpaired) electrons. The summed E-state index contributed by atoms with van der Waals surface area (Å²) in [5, 5.41) is 12.1. The van der Waals surface area contributed by atoms with Crippen molar-refractivity contribution in [3.8, 4) is 17.1 Å². The molecular weight excluding hydrogens is 507 g/mol. The van der Waals surface area contributed by atoms with Crippen LogP contribution in [0.3, 0.4) is 0 Å². The third kappa shape index (κ3) is 4.61. The third-order valence-electron chi connectivity index (χ3n) is 7.04. The van der Waals surface area contributed by atoms with Crippen LogP contribution in [0.15, 0.2) is 67.3 Å². The maximum absolute atomic E-state index is 9.81. The lowest BCUT2D eigenvalue weighted by atomic mass is 9.87. The van der Waals surface area contributed by atoms with Crippen molar-refractivity contribution in [3.63, 3.8) is 0 Å². The highest BCUT2D eigenvalue weighted by Gasteiger charge is 2.28. The molecule has 0 saturated carbocycles. The fraction of sp³-hybridized carbons (Fsp3) is 0.241. The number of aliphatic hydroxyl groups is 1. The molecule has 0 fully saturated rings. The van der Waals surface area contributed by atoms with Crippen molar-refractivity contribution in [2.24, 2.45) is 0 Å². The first-order chi connectivity index (χ1) is 18.1. The summed E-state index contributed by atoms with van der Waals surface area (Å²) in [7, 11) is 0. The number of rotatable bonds is 7. The molecule has 0 saturated heterocycles.